The normalized spacial score (nSPS) is 36.5. The van der Waals surface area contributed by atoms with Gasteiger partial charge in [0.05, 0.1) is 12.0 Å². The number of fused-ring (bicyclic) bond motifs is 2. The number of hydrogen-bond donors (Lipinski definition) is 0. The summed E-state index contributed by atoms with van der Waals surface area (Å²) in [5, 5.41) is 0. The highest BCUT2D eigenvalue weighted by Gasteiger charge is 2.61. The number of esters is 1. The molecule has 0 spiro atoms. The molecule has 2 rings (SSSR count). The van der Waals surface area contributed by atoms with Crippen LogP contribution >= 0.6 is 0 Å². The van der Waals surface area contributed by atoms with Crippen molar-refractivity contribution in [3.8, 4) is 0 Å². The van der Waals surface area contributed by atoms with Crippen LogP contribution in [0.3, 0.4) is 0 Å². The quantitative estimate of drug-likeness (QED) is 0.704. The minimum Gasteiger partial charge on any atom is -0.465 e. The van der Waals surface area contributed by atoms with Crippen LogP contribution < -0.4 is 0 Å². The van der Waals surface area contributed by atoms with Crippen LogP contribution in [0.1, 0.15) is 67.2 Å². The molecule has 0 heterocycles. The van der Waals surface area contributed by atoms with E-state index in [4.69, 9.17) is 4.74 Å². The van der Waals surface area contributed by atoms with E-state index in [1.54, 1.807) is 0 Å². The molecule has 0 aliphatic heterocycles. The number of ether oxygens (including phenoxy) is 1. The molecular formula is C17H30O2. The molecule has 2 heteroatoms. The monoisotopic (exact) mass is 266 g/mol. The van der Waals surface area contributed by atoms with Crippen LogP contribution in [0.15, 0.2) is 0 Å². The average molecular weight is 266 g/mol. The lowest BCUT2D eigenvalue weighted by atomic mass is 9.67. The summed E-state index contributed by atoms with van der Waals surface area (Å²) < 4.78 is 5.65. The first-order valence-corrected chi connectivity index (χ1v) is 7.82. The number of carbonyl (C=O) groups excluding carboxylic acids is 1. The van der Waals surface area contributed by atoms with Crippen molar-refractivity contribution in [2.45, 2.75) is 67.2 Å². The summed E-state index contributed by atoms with van der Waals surface area (Å²) in [5.41, 5.74) is 0.423. The Morgan fingerprint density at radius 3 is 2.37 bits per heavy atom. The molecule has 0 radical (unpaired) electrons. The van der Waals surface area contributed by atoms with Crippen molar-refractivity contribution >= 4 is 5.97 Å². The van der Waals surface area contributed by atoms with E-state index >= 15 is 0 Å². The molecule has 110 valence electrons. The third-order valence-corrected chi connectivity index (χ3v) is 6.83. The van der Waals surface area contributed by atoms with Crippen LogP contribution in [-0.2, 0) is 9.53 Å². The highest BCUT2D eigenvalue weighted by molar-refractivity contribution is 5.75. The van der Waals surface area contributed by atoms with E-state index in [0.717, 1.165) is 12.3 Å². The first-order valence-electron chi connectivity index (χ1n) is 7.82. The van der Waals surface area contributed by atoms with E-state index in [-0.39, 0.29) is 11.4 Å². The Balaban J connectivity index is 1.98. The van der Waals surface area contributed by atoms with E-state index in [9.17, 15) is 4.79 Å². The Bertz CT molecular complexity index is 369. The van der Waals surface area contributed by atoms with Crippen LogP contribution in [0, 0.1) is 28.1 Å². The molecule has 2 aliphatic carbocycles. The molecule has 19 heavy (non-hydrogen) atoms. The maximum atomic E-state index is 12.1. The van der Waals surface area contributed by atoms with Crippen molar-refractivity contribution in [3.05, 3.63) is 0 Å². The van der Waals surface area contributed by atoms with E-state index in [1.165, 1.54) is 19.3 Å². The Morgan fingerprint density at radius 2 is 1.95 bits per heavy atom. The predicted molar refractivity (Wildman–Crippen MR) is 77.8 cm³/mol. The van der Waals surface area contributed by atoms with Crippen LogP contribution in [-0.4, -0.2) is 12.6 Å². The molecule has 2 fully saturated rings. The summed E-state index contributed by atoms with van der Waals surface area (Å²) in [6, 6.07) is 0. The minimum absolute atomic E-state index is 0.0285. The van der Waals surface area contributed by atoms with Gasteiger partial charge in [0.1, 0.15) is 0 Å². The van der Waals surface area contributed by atoms with Gasteiger partial charge in [-0.2, -0.15) is 0 Å². The van der Waals surface area contributed by atoms with Crippen LogP contribution in [0.2, 0.25) is 0 Å². The Kier molecular flexibility index (Phi) is 3.52. The van der Waals surface area contributed by atoms with Crippen molar-refractivity contribution in [1.82, 2.24) is 0 Å². The smallest absolute Gasteiger partial charge is 0.311 e. The number of hydrogen-bond acceptors (Lipinski definition) is 2. The summed E-state index contributed by atoms with van der Waals surface area (Å²) in [6.45, 7) is 13.8. The van der Waals surface area contributed by atoms with Gasteiger partial charge in [-0.1, -0.05) is 27.7 Å². The summed E-state index contributed by atoms with van der Waals surface area (Å²) in [7, 11) is 0. The molecule has 0 aromatic heterocycles. The van der Waals surface area contributed by atoms with Gasteiger partial charge in [0.25, 0.3) is 0 Å². The van der Waals surface area contributed by atoms with Gasteiger partial charge < -0.3 is 4.74 Å². The van der Waals surface area contributed by atoms with Gasteiger partial charge in [0.2, 0.25) is 0 Å². The number of rotatable bonds is 4. The molecule has 0 saturated heterocycles. The second-order valence-electron chi connectivity index (χ2n) is 8.14. The molecule has 3 atom stereocenters. The second-order valence-corrected chi connectivity index (χ2v) is 8.14. The molecule has 0 aromatic carbocycles. The van der Waals surface area contributed by atoms with Gasteiger partial charge >= 0.3 is 5.97 Å². The maximum absolute atomic E-state index is 12.1. The summed E-state index contributed by atoms with van der Waals surface area (Å²) in [6.07, 6.45) is 4.73. The van der Waals surface area contributed by atoms with Gasteiger partial charge in [0.15, 0.2) is 0 Å². The topological polar surface area (TPSA) is 26.3 Å². The average Bonchev–Trinajstić information content (AvgIpc) is 2.68. The van der Waals surface area contributed by atoms with Gasteiger partial charge in [-0.25, -0.2) is 0 Å². The lowest BCUT2D eigenvalue weighted by Crippen LogP contribution is -2.36. The summed E-state index contributed by atoms with van der Waals surface area (Å²) in [4.78, 5) is 12.1. The van der Waals surface area contributed by atoms with Crippen LogP contribution in [0.4, 0.5) is 0 Å². The molecule has 2 nitrogen and oxygen atoms in total. The van der Waals surface area contributed by atoms with Crippen LogP contribution in [0.25, 0.3) is 0 Å². The first kappa shape index (κ1) is 14.9. The van der Waals surface area contributed by atoms with Gasteiger partial charge in [-0.3, -0.25) is 4.79 Å². The predicted octanol–water partition coefficient (Wildman–Crippen LogP) is 4.43. The number of carbonyl (C=O) groups is 1. The molecule has 2 saturated carbocycles. The highest BCUT2D eigenvalue weighted by atomic mass is 16.5. The first-order chi connectivity index (χ1) is 8.65. The van der Waals surface area contributed by atoms with Gasteiger partial charge in [0, 0.05) is 0 Å². The van der Waals surface area contributed by atoms with Crippen molar-refractivity contribution in [2.24, 2.45) is 28.1 Å². The fourth-order valence-corrected chi connectivity index (χ4v) is 4.14. The minimum atomic E-state index is -0.339. The van der Waals surface area contributed by atoms with Crippen molar-refractivity contribution in [1.29, 1.82) is 0 Å². The third kappa shape index (κ3) is 2.11. The van der Waals surface area contributed by atoms with Gasteiger partial charge in [-0.05, 0) is 62.2 Å². The molecule has 3 unspecified atom stereocenters. The SMILES string of the molecule is CCC(C)(C)C(=O)OCC1CC2CCC1(C)C2(C)C. The van der Waals surface area contributed by atoms with E-state index in [1.807, 2.05) is 20.8 Å². The lowest BCUT2D eigenvalue weighted by Gasteiger charge is -2.39. The largest absolute Gasteiger partial charge is 0.465 e. The third-order valence-electron chi connectivity index (χ3n) is 6.83. The molecule has 2 aliphatic rings. The van der Waals surface area contributed by atoms with Crippen LogP contribution in [0.5, 0.6) is 0 Å². The Morgan fingerprint density at radius 1 is 1.32 bits per heavy atom. The molecular weight excluding hydrogens is 236 g/mol. The van der Waals surface area contributed by atoms with E-state index in [0.29, 0.717) is 23.4 Å². The van der Waals surface area contributed by atoms with Crippen molar-refractivity contribution in [3.63, 3.8) is 0 Å². The Labute approximate surface area is 118 Å². The fourth-order valence-electron chi connectivity index (χ4n) is 4.14. The summed E-state index contributed by atoms with van der Waals surface area (Å²) in [5.74, 6) is 1.34. The summed E-state index contributed by atoms with van der Waals surface area (Å²) >= 11 is 0. The van der Waals surface area contributed by atoms with E-state index in [2.05, 4.69) is 20.8 Å². The van der Waals surface area contributed by atoms with Crippen molar-refractivity contribution < 1.29 is 9.53 Å². The fraction of sp³-hybridized carbons (Fsp3) is 0.941. The maximum Gasteiger partial charge on any atom is 0.311 e. The zero-order chi connectivity index (χ0) is 14.5. The van der Waals surface area contributed by atoms with Gasteiger partial charge in [-0.15, -0.1) is 0 Å². The Hall–Kier alpha value is -0.530. The molecule has 2 bridgehead atoms. The molecule has 0 amide bonds. The van der Waals surface area contributed by atoms with Crippen molar-refractivity contribution in [2.75, 3.05) is 6.61 Å². The lowest BCUT2D eigenvalue weighted by molar-refractivity contribution is -0.157. The zero-order valence-corrected chi connectivity index (χ0v) is 13.5. The zero-order valence-electron chi connectivity index (χ0n) is 13.5. The second kappa shape index (κ2) is 4.49. The van der Waals surface area contributed by atoms with E-state index < -0.39 is 0 Å². The highest BCUT2D eigenvalue weighted by Crippen LogP contribution is 2.68. The molecule has 0 N–H and O–H groups in total. The molecule has 0 aromatic rings. The standard InChI is InChI=1S/C17H30O2/c1-7-15(2,3)14(18)19-11-13-10-12-8-9-17(13,6)16(12,4)5/h12-13H,7-11H2,1-6H3.